The minimum atomic E-state index is -0.979. The third-order valence-corrected chi connectivity index (χ3v) is 4.45. The highest BCUT2D eigenvalue weighted by Gasteiger charge is 2.11. The van der Waals surface area contributed by atoms with Crippen LogP contribution >= 0.6 is 31.9 Å². The molecule has 0 aromatic heterocycles. The highest BCUT2D eigenvalue weighted by atomic mass is 79.9. The van der Waals surface area contributed by atoms with Crippen molar-refractivity contribution < 1.29 is 19.4 Å². The van der Waals surface area contributed by atoms with Crippen LogP contribution in [0.3, 0.4) is 0 Å². The fourth-order valence-electron chi connectivity index (χ4n) is 2.17. The van der Waals surface area contributed by atoms with E-state index in [9.17, 15) is 4.79 Å². The fourth-order valence-corrected chi connectivity index (χ4v) is 3.68. The van der Waals surface area contributed by atoms with E-state index >= 15 is 0 Å². The van der Waals surface area contributed by atoms with Gasteiger partial charge in [0.25, 0.3) is 0 Å². The van der Waals surface area contributed by atoms with Gasteiger partial charge in [0.1, 0.15) is 11.5 Å². The molecule has 2 aromatic rings. The highest BCUT2D eigenvalue weighted by molar-refractivity contribution is 9.11. The van der Waals surface area contributed by atoms with Gasteiger partial charge in [0.15, 0.2) is 0 Å². The number of carbonyl (C=O) groups is 1. The van der Waals surface area contributed by atoms with Gasteiger partial charge in [-0.15, -0.1) is 0 Å². The lowest BCUT2D eigenvalue weighted by atomic mass is 10.1. The number of benzene rings is 2. The summed E-state index contributed by atoms with van der Waals surface area (Å²) in [7, 11) is 1.55. The smallest absolute Gasteiger partial charge is 0.335 e. The van der Waals surface area contributed by atoms with Gasteiger partial charge in [-0.2, -0.15) is 0 Å². The Hall–Kier alpha value is -1.73. The maximum absolute atomic E-state index is 11.1. The van der Waals surface area contributed by atoms with Crippen molar-refractivity contribution in [2.24, 2.45) is 0 Å². The van der Waals surface area contributed by atoms with Gasteiger partial charge in [-0.05, 0) is 74.7 Å². The number of rotatable bonds is 7. The summed E-state index contributed by atoms with van der Waals surface area (Å²) in [6, 6.07) is 8.61. The van der Waals surface area contributed by atoms with Gasteiger partial charge >= 0.3 is 5.97 Å². The molecule has 0 amide bonds. The summed E-state index contributed by atoms with van der Waals surface area (Å²) in [4.78, 5) is 11.1. The van der Waals surface area contributed by atoms with E-state index in [0.29, 0.717) is 24.6 Å². The summed E-state index contributed by atoms with van der Waals surface area (Å²) in [6.07, 6.45) is 0. The zero-order chi connectivity index (χ0) is 17.7. The second-order valence-electron chi connectivity index (χ2n) is 4.90. The lowest BCUT2D eigenvalue weighted by Gasteiger charge is -2.14. The first kappa shape index (κ1) is 18.6. The summed E-state index contributed by atoms with van der Waals surface area (Å²) < 4.78 is 12.5. The predicted molar refractivity (Wildman–Crippen MR) is 100 cm³/mol. The molecule has 7 heteroatoms. The molecule has 24 heavy (non-hydrogen) atoms. The van der Waals surface area contributed by atoms with Crippen LogP contribution < -0.4 is 14.8 Å². The van der Waals surface area contributed by atoms with Crippen LogP contribution in [0.15, 0.2) is 39.3 Å². The normalized spacial score (nSPS) is 10.3. The molecular formula is C17H17Br2NO4. The number of anilines is 1. The maximum Gasteiger partial charge on any atom is 0.335 e. The molecule has 2 aromatic carbocycles. The van der Waals surface area contributed by atoms with Crippen molar-refractivity contribution in [3.05, 3.63) is 50.4 Å². The zero-order valence-electron chi connectivity index (χ0n) is 13.2. The van der Waals surface area contributed by atoms with E-state index in [2.05, 4.69) is 37.2 Å². The van der Waals surface area contributed by atoms with Gasteiger partial charge in [0.2, 0.25) is 0 Å². The molecule has 0 saturated carbocycles. The Labute approximate surface area is 157 Å². The molecule has 0 spiro atoms. The second-order valence-corrected chi connectivity index (χ2v) is 6.60. The van der Waals surface area contributed by atoms with E-state index < -0.39 is 5.97 Å². The Morgan fingerprint density at radius 3 is 2.42 bits per heavy atom. The molecule has 0 heterocycles. The Kier molecular flexibility index (Phi) is 6.51. The summed E-state index contributed by atoms with van der Waals surface area (Å²) in [6.45, 7) is 3.01. The number of ether oxygens (including phenoxy) is 2. The SMILES string of the molecule is CCOc1c(Br)cc(CNc2cc(C(=O)O)ccc2OC)cc1Br. The topological polar surface area (TPSA) is 67.8 Å². The van der Waals surface area contributed by atoms with Gasteiger partial charge < -0.3 is 19.9 Å². The van der Waals surface area contributed by atoms with E-state index in [0.717, 1.165) is 20.3 Å². The largest absolute Gasteiger partial charge is 0.495 e. The zero-order valence-corrected chi connectivity index (χ0v) is 16.4. The third kappa shape index (κ3) is 4.42. The van der Waals surface area contributed by atoms with Crippen molar-refractivity contribution >= 4 is 43.5 Å². The van der Waals surface area contributed by atoms with Crippen LogP contribution in [-0.2, 0) is 6.54 Å². The lowest BCUT2D eigenvalue weighted by Crippen LogP contribution is -2.04. The quantitative estimate of drug-likeness (QED) is 0.615. The van der Waals surface area contributed by atoms with Crippen LogP contribution in [0.5, 0.6) is 11.5 Å². The Morgan fingerprint density at radius 2 is 1.88 bits per heavy atom. The second kappa shape index (κ2) is 8.39. The van der Waals surface area contributed by atoms with Crippen LogP contribution in [0, 0.1) is 0 Å². The minimum Gasteiger partial charge on any atom is -0.495 e. The number of nitrogens with one attached hydrogen (secondary N) is 1. The number of carboxylic acids is 1. The fraction of sp³-hybridized carbons (Fsp3) is 0.235. The molecule has 0 atom stereocenters. The van der Waals surface area contributed by atoms with Gasteiger partial charge in [-0.25, -0.2) is 4.79 Å². The average Bonchev–Trinajstić information content (AvgIpc) is 2.55. The molecule has 2 rings (SSSR count). The number of hydrogen-bond donors (Lipinski definition) is 2. The number of halogens is 2. The predicted octanol–water partition coefficient (Wildman–Crippen LogP) is 4.93. The van der Waals surface area contributed by atoms with Gasteiger partial charge in [0, 0.05) is 6.54 Å². The highest BCUT2D eigenvalue weighted by Crippen LogP contribution is 2.35. The van der Waals surface area contributed by atoms with Crippen molar-refractivity contribution in [3.63, 3.8) is 0 Å². The van der Waals surface area contributed by atoms with Crippen LogP contribution in [-0.4, -0.2) is 24.8 Å². The minimum absolute atomic E-state index is 0.201. The standard InChI is InChI=1S/C17H17Br2NO4/c1-3-24-16-12(18)6-10(7-13(16)19)9-20-14-8-11(17(21)22)4-5-15(14)23-2/h4-8,20H,3,9H2,1-2H3,(H,21,22). The summed E-state index contributed by atoms with van der Waals surface area (Å²) in [5, 5.41) is 12.3. The van der Waals surface area contributed by atoms with Crippen molar-refractivity contribution in [1.29, 1.82) is 0 Å². The Balaban J connectivity index is 2.21. The van der Waals surface area contributed by atoms with Crippen molar-refractivity contribution in [2.45, 2.75) is 13.5 Å². The first-order valence-electron chi connectivity index (χ1n) is 7.22. The lowest BCUT2D eigenvalue weighted by molar-refractivity contribution is 0.0697. The van der Waals surface area contributed by atoms with E-state index in [-0.39, 0.29) is 5.56 Å². The summed E-state index contributed by atoms with van der Waals surface area (Å²) in [5.74, 6) is 0.364. The van der Waals surface area contributed by atoms with Crippen LogP contribution in [0.1, 0.15) is 22.8 Å². The molecule has 5 nitrogen and oxygen atoms in total. The Bertz CT molecular complexity index is 726. The van der Waals surface area contributed by atoms with Crippen molar-refractivity contribution in [2.75, 3.05) is 19.0 Å². The van der Waals surface area contributed by atoms with Crippen molar-refractivity contribution in [1.82, 2.24) is 0 Å². The average molecular weight is 459 g/mol. The molecule has 0 radical (unpaired) electrons. The third-order valence-electron chi connectivity index (χ3n) is 3.28. The molecule has 0 aliphatic carbocycles. The van der Waals surface area contributed by atoms with E-state index in [1.54, 1.807) is 19.2 Å². The van der Waals surface area contributed by atoms with Crippen LogP contribution in [0.4, 0.5) is 5.69 Å². The number of aromatic carboxylic acids is 1. The molecule has 0 aliphatic heterocycles. The summed E-state index contributed by atoms with van der Waals surface area (Å²) >= 11 is 7.00. The van der Waals surface area contributed by atoms with Gasteiger partial charge in [-0.3, -0.25) is 0 Å². The van der Waals surface area contributed by atoms with Gasteiger partial charge in [-0.1, -0.05) is 0 Å². The summed E-state index contributed by atoms with van der Waals surface area (Å²) in [5.41, 5.74) is 1.82. The van der Waals surface area contributed by atoms with Crippen molar-refractivity contribution in [3.8, 4) is 11.5 Å². The molecule has 2 N–H and O–H groups in total. The number of carboxylic acid groups (broad SMARTS) is 1. The molecular weight excluding hydrogens is 442 g/mol. The van der Waals surface area contributed by atoms with E-state index in [1.165, 1.54) is 6.07 Å². The molecule has 0 bridgehead atoms. The first-order chi connectivity index (χ1) is 11.5. The molecule has 0 unspecified atom stereocenters. The molecule has 0 fully saturated rings. The monoisotopic (exact) mass is 457 g/mol. The Morgan fingerprint density at radius 1 is 1.21 bits per heavy atom. The van der Waals surface area contributed by atoms with E-state index in [4.69, 9.17) is 14.6 Å². The first-order valence-corrected chi connectivity index (χ1v) is 8.80. The van der Waals surface area contributed by atoms with E-state index in [1.807, 2.05) is 19.1 Å². The number of methoxy groups -OCH3 is 1. The maximum atomic E-state index is 11.1. The van der Waals surface area contributed by atoms with Gasteiger partial charge in [0.05, 0.1) is 33.9 Å². The molecule has 0 saturated heterocycles. The van der Waals surface area contributed by atoms with Crippen LogP contribution in [0.2, 0.25) is 0 Å². The number of hydrogen-bond acceptors (Lipinski definition) is 4. The molecule has 128 valence electrons. The molecule has 0 aliphatic rings. The van der Waals surface area contributed by atoms with Crippen LogP contribution in [0.25, 0.3) is 0 Å².